The molecule has 0 aliphatic heterocycles. The first-order valence-corrected chi connectivity index (χ1v) is 9.01. The van der Waals surface area contributed by atoms with Gasteiger partial charge in [0.1, 0.15) is 5.82 Å². The van der Waals surface area contributed by atoms with Gasteiger partial charge in [0.05, 0.1) is 5.56 Å². The number of carbonyl (C=O) groups is 1. The van der Waals surface area contributed by atoms with Crippen LogP contribution in [0.25, 0.3) is 0 Å². The van der Waals surface area contributed by atoms with Crippen molar-refractivity contribution >= 4 is 17.7 Å². The molecule has 1 amide bonds. The number of nitrogens with zero attached hydrogens (tertiary/aromatic N) is 4. The zero-order valence-electron chi connectivity index (χ0n) is 15.6. The van der Waals surface area contributed by atoms with Crippen LogP contribution in [0.2, 0.25) is 0 Å². The zero-order valence-corrected chi connectivity index (χ0v) is 15.6. The maximum absolute atomic E-state index is 12.2. The maximum atomic E-state index is 12.2. The van der Waals surface area contributed by atoms with Crippen LogP contribution in [-0.2, 0) is 0 Å². The number of carbonyl (C=O) groups excluding carboxylic acids is 1. The van der Waals surface area contributed by atoms with Crippen LogP contribution in [0, 0.1) is 6.92 Å². The van der Waals surface area contributed by atoms with Gasteiger partial charge < -0.3 is 15.5 Å². The first-order chi connectivity index (χ1) is 12.5. The molecule has 2 aromatic rings. The van der Waals surface area contributed by atoms with E-state index in [1.807, 2.05) is 32.1 Å². The molecular formula is C19H26N6O. The molecule has 2 aromatic heterocycles. The number of aryl methyl sites for hydroxylation is 1. The summed E-state index contributed by atoms with van der Waals surface area (Å²) in [4.78, 5) is 27.2. The molecule has 138 valence electrons. The second-order valence-corrected chi connectivity index (χ2v) is 7.00. The fourth-order valence-electron chi connectivity index (χ4n) is 3.29. The lowest BCUT2D eigenvalue weighted by Gasteiger charge is -2.30. The van der Waals surface area contributed by atoms with Crippen LogP contribution in [0.3, 0.4) is 0 Å². The highest BCUT2D eigenvalue weighted by molar-refractivity contribution is 5.94. The smallest absolute Gasteiger partial charge is 0.253 e. The first kappa shape index (κ1) is 18.1. The quantitative estimate of drug-likeness (QED) is 0.858. The van der Waals surface area contributed by atoms with E-state index in [9.17, 15) is 4.79 Å². The lowest BCUT2D eigenvalue weighted by molar-refractivity contribution is 0.0926. The Hall–Kier alpha value is -2.70. The molecule has 2 heterocycles. The summed E-state index contributed by atoms with van der Waals surface area (Å²) in [6.45, 7) is 2.01. The predicted molar refractivity (Wildman–Crippen MR) is 102 cm³/mol. The normalized spacial score (nSPS) is 19.7. The van der Waals surface area contributed by atoms with Gasteiger partial charge >= 0.3 is 0 Å². The van der Waals surface area contributed by atoms with Gasteiger partial charge in [0.15, 0.2) is 0 Å². The Morgan fingerprint density at radius 2 is 1.88 bits per heavy atom. The molecule has 26 heavy (non-hydrogen) atoms. The Balaban J connectivity index is 1.51. The minimum absolute atomic E-state index is 0.0491. The molecule has 0 spiro atoms. The van der Waals surface area contributed by atoms with Crippen LogP contribution in [0.4, 0.5) is 11.8 Å². The topological polar surface area (TPSA) is 83.0 Å². The number of hydrogen-bond donors (Lipinski definition) is 2. The largest absolute Gasteiger partial charge is 0.362 e. The van der Waals surface area contributed by atoms with E-state index in [1.54, 1.807) is 24.5 Å². The molecule has 1 fully saturated rings. The van der Waals surface area contributed by atoms with Crippen LogP contribution >= 0.6 is 0 Å². The fourth-order valence-corrected chi connectivity index (χ4v) is 3.29. The number of rotatable bonds is 5. The number of nitrogens with one attached hydrogen (secondary N) is 2. The summed E-state index contributed by atoms with van der Waals surface area (Å²) in [5.74, 6) is 1.55. The Bertz CT molecular complexity index is 741. The van der Waals surface area contributed by atoms with E-state index in [0.29, 0.717) is 17.6 Å². The monoisotopic (exact) mass is 354 g/mol. The van der Waals surface area contributed by atoms with Crippen molar-refractivity contribution < 1.29 is 4.79 Å². The highest BCUT2D eigenvalue weighted by Crippen LogP contribution is 2.23. The predicted octanol–water partition coefficient (Wildman–Crippen LogP) is 2.40. The van der Waals surface area contributed by atoms with E-state index >= 15 is 0 Å². The lowest BCUT2D eigenvalue weighted by Crippen LogP contribution is -2.40. The van der Waals surface area contributed by atoms with E-state index in [2.05, 4.69) is 25.6 Å². The SMILES string of the molecule is Cc1cnc(NC2CCC(NC(=O)c3cccnc3)CC2)nc1N(C)C. The summed E-state index contributed by atoms with van der Waals surface area (Å²) >= 11 is 0. The van der Waals surface area contributed by atoms with Crippen molar-refractivity contribution in [1.82, 2.24) is 20.3 Å². The van der Waals surface area contributed by atoms with E-state index < -0.39 is 0 Å². The second kappa shape index (κ2) is 8.12. The highest BCUT2D eigenvalue weighted by Gasteiger charge is 2.23. The van der Waals surface area contributed by atoms with Gasteiger partial charge in [-0.25, -0.2) is 4.98 Å². The Labute approximate surface area is 154 Å². The molecule has 0 atom stereocenters. The molecule has 0 saturated heterocycles. The van der Waals surface area contributed by atoms with E-state index in [4.69, 9.17) is 0 Å². The van der Waals surface area contributed by atoms with Crippen molar-refractivity contribution in [2.75, 3.05) is 24.3 Å². The van der Waals surface area contributed by atoms with Crippen LogP contribution in [0.15, 0.2) is 30.7 Å². The maximum Gasteiger partial charge on any atom is 0.253 e. The van der Waals surface area contributed by atoms with Crippen LogP contribution in [-0.4, -0.2) is 47.0 Å². The number of amides is 1. The van der Waals surface area contributed by atoms with Gasteiger partial charge in [-0.2, -0.15) is 4.98 Å². The standard InChI is InChI=1S/C19H26N6O/c1-13-11-21-19(24-17(13)25(2)3)23-16-8-6-15(7-9-16)22-18(26)14-5-4-10-20-12-14/h4-5,10-12,15-16H,6-9H2,1-3H3,(H,22,26)(H,21,23,24). The molecule has 2 N–H and O–H groups in total. The van der Waals surface area contributed by atoms with Gasteiger partial charge in [-0.15, -0.1) is 0 Å². The van der Waals surface area contributed by atoms with Gasteiger partial charge in [0.2, 0.25) is 5.95 Å². The third kappa shape index (κ3) is 4.47. The van der Waals surface area contributed by atoms with Crippen molar-refractivity contribution in [1.29, 1.82) is 0 Å². The minimum atomic E-state index is -0.0491. The van der Waals surface area contributed by atoms with Gasteiger partial charge in [-0.05, 0) is 44.7 Å². The lowest BCUT2D eigenvalue weighted by atomic mass is 9.91. The molecular weight excluding hydrogens is 328 g/mol. The molecule has 7 nitrogen and oxygen atoms in total. The van der Waals surface area contributed by atoms with Crippen molar-refractivity contribution in [2.45, 2.75) is 44.7 Å². The third-order valence-corrected chi connectivity index (χ3v) is 4.69. The van der Waals surface area contributed by atoms with Crippen molar-refractivity contribution in [2.24, 2.45) is 0 Å². The summed E-state index contributed by atoms with van der Waals surface area (Å²) in [6.07, 6.45) is 8.96. The first-order valence-electron chi connectivity index (χ1n) is 9.01. The van der Waals surface area contributed by atoms with E-state index in [1.165, 1.54) is 0 Å². The summed E-state index contributed by atoms with van der Waals surface area (Å²) in [7, 11) is 3.96. The summed E-state index contributed by atoms with van der Waals surface area (Å²) in [5.41, 5.74) is 1.67. The molecule has 1 aliphatic carbocycles. The number of aromatic nitrogens is 3. The van der Waals surface area contributed by atoms with Crippen molar-refractivity contribution in [3.8, 4) is 0 Å². The Kier molecular flexibility index (Phi) is 5.65. The average Bonchev–Trinajstić information content (AvgIpc) is 2.65. The van der Waals surface area contributed by atoms with Crippen LogP contribution < -0.4 is 15.5 Å². The number of hydrogen-bond acceptors (Lipinski definition) is 6. The fraction of sp³-hybridized carbons (Fsp3) is 0.474. The summed E-state index contributed by atoms with van der Waals surface area (Å²) in [6, 6.07) is 4.10. The molecule has 1 aliphatic rings. The minimum Gasteiger partial charge on any atom is -0.362 e. The van der Waals surface area contributed by atoms with Gasteiger partial charge in [-0.3, -0.25) is 9.78 Å². The molecule has 1 saturated carbocycles. The zero-order chi connectivity index (χ0) is 18.5. The molecule has 0 unspecified atom stereocenters. The van der Waals surface area contributed by atoms with Crippen LogP contribution in [0.1, 0.15) is 41.6 Å². The van der Waals surface area contributed by atoms with E-state index in [0.717, 1.165) is 37.1 Å². The van der Waals surface area contributed by atoms with Gasteiger partial charge in [-0.1, -0.05) is 0 Å². The number of pyridine rings is 1. The highest BCUT2D eigenvalue weighted by atomic mass is 16.1. The molecule has 0 aromatic carbocycles. The Morgan fingerprint density at radius 3 is 2.54 bits per heavy atom. The molecule has 0 radical (unpaired) electrons. The molecule has 3 rings (SSSR count). The number of anilines is 2. The van der Waals surface area contributed by atoms with Crippen molar-refractivity contribution in [3.05, 3.63) is 41.9 Å². The van der Waals surface area contributed by atoms with Crippen molar-refractivity contribution in [3.63, 3.8) is 0 Å². The molecule has 7 heteroatoms. The molecule has 0 bridgehead atoms. The summed E-state index contributed by atoms with van der Waals surface area (Å²) < 4.78 is 0. The van der Waals surface area contributed by atoms with E-state index in [-0.39, 0.29) is 11.9 Å². The average molecular weight is 354 g/mol. The van der Waals surface area contributed by atoms with Gasteiger partial charge in [0.25, 0.3) is 5.91 Å². The van der Waals surface area contributed by atoms with Gasteiger partial charge in [0, 0.05) is 50.3 Å². The second-order valence-electron chi connectivity index (χ2n) is 7.00. The third-order valence-electron chi connectivity index (χ3n) is 4.69. The summed E-state index contributed by atoms with van der Waals surface area (Å²) in [5, 5.41) is 6.54. The van der Waals surface area contributed by atoms with Crippen LogP contribution in [0.5, 0.6) is 0 Å². The Morgan fingerprint density at radius 1 is 1.15 bits per heavy atom.